The van der Waals surface area contributed by atoms with E-state index in [2.05, 4.69) is 10.3 Å². The lowest BCUT2D eigenvalue weighted by Gasteiger charge is -2.13. The van der Waals surface area contributed by atoms with Crippen LogP contribution in [0.3, 0.4) is 0 Å². The van der Waals surface area contributed by atoms with Crippen LogP contribution in [0.4, 0.5) is 0 Å². The summed E-state index contributed by atoms with van der Waals surface area (Å²) >= 11 is 1.25. The standard InChI is InChI=1S/C15H16N2O3S/c1-10-16-9-13(21-10)14(18)17-12(15(19)20)8-7-11-5-3-2-4-6-11/h2-6,9,12H,7-8H2,1H3,(H,17,18)(H,19,20). The van der Waals surface area contributed by atoms with Crippen molar-refractivity contribution >= 4 is 23.2 Å². The molecule has 1 aromatic heterocycles. The molecular formula is C15H16N2O3S. The zero-order valence-corrected chi connectivity index (χ0v) is 12.4. The SMILES string of the molecule is Cc1ncc(C(=O)NC(CCc2ccccc2)C(=O)O)s1. The normalized spacial score (nSPS) is 11.9. The highest BCUT2D eigenvalue weighted by atomic mass is 32.1. The zero-order valence-electron chi connectivity index (χ0n) is 11.6. The summed E-state index contributed by atoms with van der Waals surface area (Å²) in [6, 6.07) is 8.69. The second kappa shape index (κ2) is 6.99. The number of rotatable bonds is 6. The van der Waals surface area contributed by atoms with Crippen molar-refractivity contribution in [1.82, 2.24) is 10.3 Å². The van der Waals surface area contributed by atoms with Crippen LogP contribution in [0.2, 0.25) is 0 Å². The molecule has 1 heterocycles. The Hall–Kier alpha value is -2.21. The Bertz CT molecular complexity index is 625. The van der Waals surface area contributed by atoms with Crippen LogP contribution in [0, 0.1) is 6.92 Å². The molecule has 0 aliphatic carbocycles. The van der Waals surface area contributed by atoms with Crippen LogP contribution in [0.5, 0.6) is 0 Å². The first-order chi connectivity index (χ1) is 10.1. The van der Waals surface area contributed by atoms with Gasteiger partial charge < -0.3 is 10.4 Å². The van der Waals surface area contributed by atoms with Gasteiger partial charge in [0.25, 0.3) is 5.91 Å². The van der Waals surface area contributed by atoms with Crippen molar-refractivity contribution in [3.8, 4) is 0 Å². The number of carboxylic acids is 1. The van der Waals surface area contributed by atoms with Crippen molar-refractivity contribution in [2.75, 3.05) is 0 Å². The van der Waals surface area contributed by atoms with Gasteiger partial charge in [-0.05, 0) is 25.3 Å². The van der Waals surface area contributed by atoms with Gasteiger partial charge in [0.15, 0.2) is 0 Å². The summed E-state index contributed by atoms with van der Waals surface area (Å²) in [6.45, 7) is 1.80. The highest BCUT2D eigenvalue weighted by Crippen LogP contribution is 2.12. The molecule has 1 amide bonds. The molecule has 110 valence electrons. The van der Waals surface area contributed by atoms with Crippen LogP contribution in [0.15, 0.2) is 36.5 Å². The number of amides is 1. The van der Waals surface area contributed by atoms with E-state index in [4.69, 9.17) is 0 Å². The van der Waals surface area contributed by atoms with Gasteiger partial charge in [-0.3, -0.25) is 4.79 Å². The molecule has 2 rings (SSSR count). The first-order valence-corrected chi connectivity index (χ1v) is 7.38. The van der Waals surface area contributed by atoms with Gasteiger partial charge in [-0.1, -0.05) is 30.3 Å². The Labute approximate surface area is 126 Å². The van der Waals surface area contributed by atoms with Gasteiger partial charge in [-0.2, -0.15) is 0 Å². The molecular weight excluding hydrogens is 288 g/mol. The molecule has 21 heavy (non-hydrogen) atoms. The van der Waals surface area contributed by atoms with Crippen LogP contribution in [-0.4, -0.2) is 28.0 Å². The number of aliphatic carboxylic acids is 1. The fraction of sp³-hybridized carbons (Fsp3) is 0.267. The number of benzene rings is 1. The van der Waals surface area contributed by atoms with Crippen molar-refractivity contribution in [3.05, 3.63) is 52.0 Å². The van der Waals surface area contributed by atoms with Gasteiger partial charge in [0.05, 0.1) is 11.2 Å². The quantitative estimate of drug-likeness (QED) is 0.858. The summed E-state index contributed by atoms with van der Waals surface area (Å²) in [7, 11) is 0. The first kappa shape index (κ1) is 15.2. The van der Waals surface area contributed by atoms with Crippen LogP contribution >= 0.6 is 11.3 Å². The molecule has 2 N–H and O–H groups in total. The van der Waals surface area contributed by atoms with E-state index in [9.17, 15) is 14.7 Å². The predicted molar refractivity (Wildman–Crippen MR) is 80.5 cm³/mol. The van der Waals surface area contributed by atoms with Crippen molar-refractivity contribution in [1.29, 1.82) is 0 Å². The number of carbonyl (C=O) groups is 2. The summed E-state index contributed by atoms with van der Waals surface area (Å²) in [4.78, 5) is 27.7. The molecule has 1 atom stereocenters. The van der Waals surface area contributed by atoms with Gasteiger partial charge in [0, 0.05) is 0 Å². The summed E-state index contributed by atoms with van der Waals surface area (Å²) in [5, 5.41) is 12.5. The summed E-state index contributed by atoms with van der Waals surface area (Å²) in [5.41, 5.74) is 1.05. The van der Waals surface area contributed by atoms with Crippen LogP contribution < -0.4 is 5.32 Å². The maximum Gasteiger partial charge on any atom is 0.326 e. The van der Waals surface area contributed by atoms with Crippen molar-refractivity contribution in [3.63, 3.8) is 0 Å². The van der Waals surface area contributed by atoms with E-state index >= 15 is 0 Å². The summed E-state index contributed by atoms with van der Waals surface area (Å²) < 4.78 is 0. The molecule has 2 aromatic rings. The molecule has 0 bridgehead atoms. The molecule has 0 spiro atoms. The highest BCUT2D eigenvalue weighted by molar-refractivity contribution is 7.13. The molecule has 6 heteroatoms. The van der Waals surface area contributed by atoms with Crippen molar-refractivity contribution < 1.29 is 14.7 Å². The van der Waals surface area contributed by atoms with Gasteiger partial charge >= 0.3 is 5.97 Å². The van der Waals surface area contributed by atoms with E-state index in [1.807, 2.05) is 30.3 Å². The molecule has 0 aliphatic heterocycles. The number of thiazole rings is 1. The number of aromatic nitrogens is 1. The lowest BCUT2D eigenvalue weighted by Crippen LogP contribution is -2.40. The van der Waals surface area contributed by atoms with Crippen LogP contribution in [0.1, 0.15) is 26.7 Å². The molecule has 0 saturated heterocycles. The number of aryl methyl sites for hydroxylation is 2. The second-order valence-corrected chi connectivity index (χ2v) is 5.87. The third-order valence-corrected chi connectivity index (χ3v) is 3.92. The highest BCUT2D eigenvalue weighted by Gasteiger charge is 2.21. The van der Waals surface area contributed by atoms with Crippen molar-refractivity contribution in [2.45, 2.75) is 25.8 Å². The molecule has 0 radical (unpaired) electrons. The van der Waals surface area contributed by atoms with E-state index in [0.717, 1.165) is 10.6 Å². The van der Waals surface area contributed by atoms with E-state index in [0.29, 0.717) is 17.7 Å². The molecule has 0 saturated carbocycles. The molecule has 1 aromatic carbocycles. The fourth-order valence-corrected chi connectivity index (χ4v) is 2.59. The minimum atomic E-state index is -1.03. The molecule has 0 fully saturated rings. The Kier molecular flexibility index (Phi) is 5.05. The van der Waals surface area contributed by atoms with Gasteiger partial charge in [0.1, 0.15) is 10.9 Å². The number of hydrogen-bond donors (Lipinski definition) is 2. The Morgan fingerprint density at radius 3 is 2.62 bits per heavy atom. The lowest BCUT2D eigenvalue weighted by molar-refractivity contribution is -0.139. The number of carboxylic acid groups (broad SMARTS) is 1. The average molecular weight is 304 g/mol. The van der Waals surface area contributed by atoms with Gasteiger partial charge in [-0.25, -0.2) is 9.78 Å². The van der Waals surface area contributed by atoms with Crippen LogP contribution in [0.25, 0.3) is 0 Å². The Balaban J connectivity index is 1.96. The third kappa shape index (κ3) is 4.39. The Morgan fingerprint density at radius 2 is 2.05 bits per heavy atom. The number of nitrogens with one attached hydrogen (secondary N) is 1. The number of carbonyl (C=O) groups excluding carboxylic acids is 1. The topological polar surface area (TPSA) is 79.3 Å². The average Bonchev–Trinajstić information content (AvgIpc) is 2.90. The van der Waals surface area contributed by atoms with Gasteiger partial charge in [-0.15, -0.1) is 11.3 Å². The monoisotopic (exact) mass is 304 g/mol. The molecule has 0 aliphatic rings. The summed E-state index contributed by atoms with van der Waals surface area (Å²) in [5.74, 6) is -1.42. The Morgan fingerprint density at radius 1 is 1.33 bits per heavy atom. The number of nitrogens with zero attached hydrogens (tertiary/aromatic N) is 1. The van der Waals surface area contributed by atoms with Gasteiger partial charge in [0.2, 0.25) is 0 Å². The first-order valence-electron chi connectivity index (χ1n) is 6.56. The molecule has 5 nitrogen and oxygen atoms in total. The predicted octanol–water partition coefficient (Wildman–Crippen LogP) is 2.27. The minimum Gasteiger partial charge on any atom is -0.480 e. The lowest BCUT2D eigenvalue weighted by atomic mass is 10.1. The number of hydrogen-bond acceptors (Lipinski definition) is 4. The van der Waals surface area contributed by atoms with E-state index in [-0.39, 0.29) is 5.91 Å². The summed E-state index contributed by atoms with van der Waals surface area (Å²) in [6.07, 6.45) is 2.41. The fourth-order valence-electron chi connectivity index (χ4n) is 1.91. The van der Waals surface area contributed by atoms with Crippen LogP contribution in [-0.2, 0) is 11.2 Å². The smallest absolute Gasteiger partial charge is 0.326 e. The van der Waals surface area contributed by atoms with E-state index in [1.54, 1.807) is 6.92 Å². The van der Waals surface area contributed by atoms with E-state index in [1.165, 1.54) is 17.5 Å². The third-order valence-electron chi connectivity index (χ3n) is 3.01. The maximum atomic E-state index is 12.0. The van der Waals surface area contributed by atoms with E-state index < -0.39 is 12.0 Å². The minimum absolute atomic E-state index is 0.350. The maximum absolute atomic E-state index is 12.0. The zero-order chi connectivity index (χ0) is 15.2. The molecule has 1 unspecified atom stereocenters. The largest absolute Gasteiger partial charge is 0.480 e. The van der Waals surface area contributed by atoms with Crippen molar-refractivity contribution in [2.24, 2.45) is 0 Å². The second-order valence-electron chi connectivity index (χ2n) is 4.63.